The van der Waals surface area contributed by atoms with Gasteiger partial charge in [0, 0.05) is 6.54 Å². The molecule has 1 atom stereocenters. The minimum Gasteiger partial charge on any atom is -0.495 e. The fourth-order valence-electron chi connectivity index (χ4n) is 2.73. The number of hydrogen-bond acceptors (Lipinski definition) is 6. The molecule has 0 heterocycles. The van der Waals surface area contributed by atoms with Crippen LogP contribution in [0.15, 0.2) is 41.3 Å². The molecule has 0 aliphatic rings. The summed E-state index contributed by atoms with van der Waals surface area (Å²) in [6, 6.07) is 7.46. The Kier molecular flexibility index (Phi) is 8.01. The molecule has 0 saturated carbocycles. The van der Waals surface area contributed by atoms with Crippen LogP contribution in [0.1, 0.15) is 12.5 Å². The van der Waals surface area contributed by atoms with Crippen molar-refractivity contribution in [1.29, 1.82) is 0 Å². The minimum atomic E-state index is -4.17. The van der Waals surface area contributed by atoms with Crippen LogP contribution in [-0.2, 0) is 21.2 Å². The second-order valence-electron chi connectivity index (χ2n) is 6.37. The van der Waals surface area contributed by atoms with E-state index in [9.17, 15) is 17.6 Å². The summed E-state index contributed by atoms with van der Waals surface area (Å²) in [4.78, 5) is 11.9. The van der Waals surface area contributed by atoms with Gasteiger partial charge in [0.15, 0.2) is 11.5 Å². The predicted octanol–water partition coefficient (Wildman–Crippen LogP) is 1.88. The second-order valence-corrected chi connectivity index (χ2v) is 8.05. The zero-order valence-electron chi connectivity index (χ0n) is 17.2. The zero-order valence-corrected chi connectivity index (χ0v) is 18.0. The maximum atomic E-state index is 13.5. The highest BCUT2D eigenvalue weighted by Crippen LogP contribution is 2.27. The first kappa shape index (κ1) is 23.4. The minimum absolute atomic E-state index is 0.0232. The number of sulfonamides is 1. The van der Waals surface area contributed by atoms with Crippen molar-refractivity contribution in [3.63, 3.8) is 0 Å². The van der Waals surface area contributed by atoms with E-state index < -0.39 is 27.8 Å². The van der Waals surface area contributed by atoms with Gasteiger partial charge in [-0.15, -0.1) is 0 Å². The fourth-order valence-corrected chi connectivity index (χ4v) is 4.11. The molecule has 2 rings (SSSR count). The Morgan fingerprint density at radius 3 is 2.27 bits per heavy atom. The highest BCUT2D eigenvalue weighted by atomic mass is 32.2. The van der Waals surface area contributed by atoms with Crippen LogP contribution in [0.5, 0.6) is 17.2 Å². The van der Waals surface area contributed by atoms with Gasteiger partial charge in [0.25, 0.3) is 0 Å². The highest BCUT2D eigenvalue weighted by molar-refractivity contribution is 7.89. The van der Waals surface area contributed by atoms with Crippen LogP contribution in [-0.4, -0.2) is 48.2 Å². The van der Waals surface area contributed by atoms with Crippen molar-refractivity contribution in [3.8, 4) is 17.2 Å². The summed E-state index contributed by atoms with van der Waals surface area (Å²) in [6.07, 6.45) is 0.503. The number of rotatable bonds is 10. The molecule has 0 spiro atoms. The average Bonchev–Trinajstić information content (AvgIpc) is 2.73. The van der Waals surface area contributed by atoms with Gasteiger partial charge in [-0.25, -0.2) is 12.8 Å². The van der Waals surface area contributed by atoms with E-state index in [1.54, 1.807) is 19.2 Å². The number of carbonyl (C=O) groups excluding carboxylic acids is 1. The van der Waals surface area contributed by atoms with E-state index in [-0.39, 0.29) is 17.2 Å². The standard InChI is InChI=1S/C20H25FN2O6S/c1-13(23-30(25,26)19-12-15(21)6-8-17(19)28-3)20(24)22-10-9-14-5-7-16(27-2)18(11-14)29-4/h5-8,11-13,23H,9-10H2,1-4H3,(H,22,24). The molecular formula is C20H25FN2O6S. The maximum absolute atomic E-state index is 13.5. The first-order valence-corrected chi connectivity index (χ1v) is 10.5. The van der Waals surface area contributed by atoms with E-state index in [0.29, 0.717) is 17.9 Å². The topological polar surface area (TPSA) is 103 Å². The molecule has 1 unspecified atom stereocenters. The number of halogens is 1. The lowest BCUT2D eigenvalue weighted by molar-refractivity contribution is -0.122. The Morgan fingerprint density at radius 1 is 1.00 bits per heavy atom. The third-order valence-corrected chi connectivity index (χ3v) is 5.86. The number of amides is 1. The molecule has 0 radical (unpaired) electrons. The van der Waals surface area contributed by atoms with E-state index in [1.165, 1.54) is 27.2 Å². The van der Waals surface area contributed by atoms with Crippen molar-refractivity contribution in [3.05, 3.63) is 47.8 Å². The molecule has 0 aromatic heterocycles. The molecular weight excluding hydrogens is 415 g/mol. The zero-order chi connectivity index (χ0) is 22.3. The Labute approximate surface area is 175 Å². The van der Waals surface area contributed by atoms with Gasteiger partial charge < -0.3 is 19.5 Å². The first-order valence-electron chi connectivity index (χ1n) is 9.06. The molecule has 2 aromatic carbocycles. The molecule has 8 nitrogen and oxygen atoms in total. The number of nitrogens with one attached hydrogen (secondary N) is 2. The number of ether oxygens (including phenoxy) is 3. The van der Waals surface area contributed by atoms with Crippen molar-refractivity contribution in [2.45, 2.75) is 24.3 Å². The summed E-state index contributed by atoms with van der Waals surface area (Å²) in [5.74, 6) is -0.102. The second kappa shape index (κ2) is 10.3. The largest absolute Gasteiger partial charge is 0.495 e. The lowest BCUT2D eigenvalue weighted by atomic mass is 10.1. The summed E-state index contributed by atoms with van der Waals surface area (Å²) in [5.41, 5.74) is 0.908. The van der Waals surface area contributed by atoms with Crippen molar-refractivity contribution in [2.24, 2.45) is 0 Å². The number of hydrogen-bond donors (Lipinski definition) is 2. The summed E-state index contributed by atoms with van der Waals surface area (Å²) >= 11 is 0. The van der Waals surface area contributed by atoms with E-state index in [1.807, 2.05) is 6.07 Å². The summed E-state index contributed by atoms with van der Waals surface area (Å²) in [7, 11) is 0.178. The van der Waals surface area contributed by atoms with Crippen LogP contribution in [0.2, 0.25) is 0 Å². The van der Waals surface area contributed by atoms with Gasteiger partial charge >= 0.3 is 0 Å². The molecule has 2 N–H and O–H groups in total. The highest BCUT2D eigenvalue weighted by Gasteiger charge is 2.25. The van der Waals surface area contributed by atoms with E-state index in [0.717, 1.165) is 17.7 Å². The van der Waals surface area contributed by atoms with Crippen LogP contribution in [0.4, 0.5) is 4.39 Å². The summed E-state index contributed by atoms with van der Waals surface area (Å²) in [6.45, 7) is 1.68. The SMILES string of the molecule is COc1ccc(CCNC(=O)C(C)NS(=O)(=O)c2cc(F)ccc2OC)cc1OC. The van der Waals surface area contributed by atoms with Crippen LogP contribution < -0.4 is 24.2 Å². The lowest BCUT2D eigenvalue weighted by Crippen LogP contribution is -2.45. The molecule has 0 saturated heterocycles. The third-order valence-electron chi connectivity index (χ3n) is 4.30. The fraction of sp³-hybridized carbons (Fsp3) is 0.350. The summed E-state index contributed by atoms with van der Waals surface area (Å²) < 4.78 is 56.2. The smallest absolute Gasteiger partial charge is 0.245 e. The van der Waals surface area contributed by atoms with E-state index >= 15 is 0 Å². The number of benzene rings is 2. The maximum Gasteiger partial charge on any atom is 0.245 e. The number of carbonyl (C=O) groups is 1. The summed E-state index contributed by atoms with van der Waals surface area (Å²) in [5, 5.41) is 2.67. The van der Waals surface area contributed by atoms with Crippen LogP contribution in [0.3, 0.4) is 0 Å². The van der Waals surface area contributed by atoms with E-state index in [2.05, 4.69) is 10.0 Å². The van der Waals surface area contributed by atoms with Crippen LogP contribution in [0.25, 0.3) is 0 Å². The normalized spacial score (nSPS) is 12.2. The van der Waals surface area contributed by atoms with Crippen molar-refractivity contribution in [2.75, 3.05) is 27.9 Å². The lowest BCUT2D eigenvalue weighted by Gasteiger charge is -2.16. The van der Waals surface area contributed by atoms with Crippen molar-refractivity contribution < 1.29 is 31.8 Å². The number of methoxy groups -OCH3 is 3. The monoisotopic (exact) mass is 440 g/mol. The van der Waals surface area contributed by atoms with Crippen molar-refractivity contribution >= 4 is 15.9 Å². The molecule has 0 aliphatic carbocycles. The van der Waals surface area contributed by atoms with Crippen molar-refractivity contribution in [1.82, 2.24) is 10.0 Å². The van der Waals surface area contributed by atoms with Gasteiger partial charge in [-0.2, -0.15) is 4.72 Å². The van der Waals surface area contributed by atoms with Crippen LogP contribution in [0, 0.1) is 5.82 Å². The molecule has 30 heavy (non-hydrogen) atoms. The quantitative estimate of drug-likeness (QED) is 0.585. The van der Waals surface area contributed by atoms with Crippen LogP contribution >= 0.6 is 0 Å². The molecule has 0 aliphatic heterocycles. The van der Waals surface area contributed by atoms with Gasteiger partial charge in [0.2, 0.25) is 15.9 Å². The molecule has 0 fully saturated rings. The third kappa shape index (κ3) is 5.83. The van der Waals surface area contributed by atoms with Gasteiger partial charge in [-0.1, -0.05) is 6.07 Å². The Balaban J connectivity index is 1.97. The van der Waals surface area contributed by atoms with Gasteiger partial charge in [-0.05, 0) is 49.2 Å². The van der Waals surface area contributed by atoms with Gasteiger partial charge in [0.1, 0.15) is 16.5 Å². The molecule has 164 valence electrons. The average molecular weight is 440 g/mol. The Hall–Kier alpha value is -2.85. The molecule has 1 amide bonds. The molecule has 10 heteroatoms. The Morgan fingerprint density at radius 2 is 1.63 bits per heavy atom. The molecule has 2 aromatic rings. The first-order chi connectivity index (χ1) is 14.2. The Bertz CT molecular complexity index is 997. The predicted molar refractivity (Wildman–Crippen MR) is 109 cm³/mol. The molecule has 0 bridgehead atoms. The van der Waals surface area contributed by atoms with Gasteiger partial charge in [0.05, 0.1) is 27.4 Å². The van der Waals surface area contributed by atoms with E-state index in [4.69, 9.17) is 14.2 Å². The van der Waals surface area contributed by atoms with Gasteiger partial charge in [-0.3, -0.25) is 4.79 Å².